The monoisotopic (exact) mass is 206 g/mol. The molecule has 0 N–H and O–H groups in total. The number of hydrogen-bond donors (Lipinski definition) is 0. The number of esters is 1. The minimum Gasteiger partial charge on any atom is -0.465 e. The van der Waals surface area contributed by atoms with Gasteiger partial charge in [0, 0.05) is 6.42 Å². The van der Waals surface area contributed by atoms with E-state index in [1.54, 1.807) is 19.1 Å². The highest BCUT2D eigenvalue weighted by molar-refractivity contribution is 5.89. The molecule has 0 saturated heterocycles. The van der Waals surface area contributed by atoms with E-state index in [2.05, 4.69) is 4.74 Å². The number of methoxy groups -OCH3 is 1. The molecule has 0 atom stereocenters. The second-order valence-electron chi connectivity index (χ2n) is 3.39. The first kappa shape index (κ1) is 11.4. The Labute approximate surface area is 89.1 Å². The SMILES string of the molecule is COC(=O)c1ccc(CCC(C)=O)cc1. The number of ether oxygens (including phenoxy) is 1. The molecule has 3 nitrogen and oxygen atoms in total. The lowest BCUT2D eigenvalue weighted by Gasteiger charge is -2.01. The van der Waals surface area contributed by atoms with Crippen LogP contribution in [0.5, 0.6) is 0 Å². The van der Waals surface area contributed by atoms with E-state index in [4.69, 9.17) is 0 Å². The van der Waals surface area contributed by atoms with Gasteiger partial charge in [0.15, 0.2) is 0 Å². The number of ketones is 1. The number of benzene rings is 1. The van der Waals surface area contributed by atoms with Gasteiger partial charge in [-0.05, 0) is 31.0 Å². The summed E-state index contributed by atoms with van der Waals surface area (Å²) in [4.78, 5) is 21.9. The standard InChI is InChI=1S/C12H14O3/c1-9(13)3-4-10-5-7-11(8-6-10)12(14)15-2/h5-8H,3-4H2,1-2H3. The molecule has 0 unspecified atom stereocenters. The third-order valence-electron chi connectivity index (χ3n) is 2.14. The molecule has 1 aromatic carbocycles. The van der Waals surface area contributed by atoms with E-state index < -0.39 is 0 Å². The van der Waals surface area contributed by atoms with E-state index in [1.165, 1.54) is 7.11 Å². The van der Waals surface area contributed by atoms with Crippen LogP contribution in [-0.4, -0.2) is 18.9 Å². The van der Waals surface area contributed by atoms with Crippen molar-refractivity contribution < 1.29 is 14.3 Å². The molecule has 1 aromatic rings. The van der Waals surface area contributed by atoms with Crippen LogP contribution in [0.1, 0.15) is 29.3 Å². The summed E-state index contributed by atoms with van der Waals surface area (Å²) in [6, 6.07) is 7.10. The van der Waals surface area contributed by atoms with Gasteiger partial charge >= 0.3 is 5.97 Å². The van der Waals surface area contributed by atoms with Crippen LogP contribution in [-0.2, 0) is 16.0 Å². The van der Waals surface area contributed by atoms with Gasteiger partial charge in [-0.3, -0.25) is 0 Å². The van der Waals surface area contributed by atoms with E-state index >= 15 is 0 Å². The van der Waals surface area contributed by atoms with Crippen molar-refractivity contribution in [2.45, 2.75) is 19.8 Å². The quantitative estimate of drug-likeness (QED) is 0.707. The molecule has 1 rings (SSSR count). The van der Waals surface area contributed by atoms with Crippen molar-refractivity contribution in [2.24, 2.45) is 0 Å². The molecule has 15 heavy (non-hydrogen) atoms. The second kappa shape index (κ2) is 5.29. The van der Waals surface area contributed by atoms with Gasteiger partial charge in [-0.25, -0.2) is 4.79 Å². The number of carbonyl (C=O) groups excluding carboxylic acids is 2. The van der Waals surface area contributed by atoms with Crippen molar-refractivity contribution >= 4 is 11.8 Å². The van der Waals surface area contributed by atoms with Gasteiger partial charge in [-0.1, -0.05) is 12.1 Å². The first-order chi connectivity index (χ1) is 7.13. The van der Waals surface area contributed by atoms with Crippen LogP contribution in [0, 0.1) is 0 Å². The fraction of sp³-hybridized carbons (Fsp3) is 0.333. The average molecular weight is 206 g/mol. The Hall–Kier alpha value is -1.64. The Kier molecular flexibility index (Phi) is 4.03. The van der Waals surface area contributed by atoms with Crippen LogP contribution in [0.15, 0.2) is 24.3 Å². The first-order valence-electron chi connectivity index (χ1n) is 4.80. The predicted molar refractivity (Wildman–Crippen MR) is 56.8 cm³/mol. The number of rotatable bonds is 4. The summed E-state index contributed by atoms with van der Waals surface area (Å²) >= 11 is 0. The second-order valence-corrected chi connectivity index (χ2v) is 3.39. The molecule has 80 valence electrons. The summed E-state index contributed by atoms with van der Waals surface area (Å²) in [5.74, 6) is -0.167. The van der Waals surface area contributed by atoms with Gasteiger partial charge in [0.2, 0.25) is 0 Å². The van der Waals surface area contributed by atoms with Crippen LogP contribution in [0.2, 0.25) is 0 Å². The summed E-state index contributed by atoms with van der Waals surface area (Å²) in [6.45, 7) is 1.57. The zero-order chi connectivity index (χ0) is 11.3. The Balaban J connectivity index is 2.64. The number of carbonyl (C=O) groups is 2. The average Bonchev–Trinajstić information content (AvgIpc) is 2.26. The third-order valence-corrected chi connectivity index (χ3v) is 2.14. The molecule has 3 heteroatoms. The maximum Gasteiger partial charge on any atom is 0.337 e. The fourth-order valence-corrected chi connectivity index (χ4v) is 1.25. The summed E-state index contributed by atoms with van der Waals surface area (Å²) in [5, 5.41) is 0. The lowest BCUT2D eigenvalue weighted by atomic mass is 10.1. The number of Topliss-reactive ketones (excluding diaryl/α,β-unsaturated/α-hetero) is 1. The minimum absolute atomic E-state index is 0.173. The highest BCUT2D eigenvalue weighted by Gasteiger charge is 2.04. The molecule has 0 aliphatic rings. The molecule has 0 amide bonds. The molecular formula is C12H14O3. The molecule has 0 spiro atoms. The predicted octanol–water partition coefficient (Wildman–Crippen LogP) is 1.99. The Morgan fingerprint density at radius 2 is 1.80 bits per heavy atom. The molecular weight excluding hydrogens is 192 g/mol. The summed E-state index contributed by atoms with van der Waals surface area (Å²) < 4.78 is 4.58. The summed E-state index contributed by atoms with van der Waals surface area (Å²) in [6.07, 6.45) is 1.26. The minimum atomic E-state index is -0.340. The van der Waals surface area contributed by atoms with Gasteiger partial charge in [0.1, 0.15) is 5.78 Å². The molecule has 0 aromatic heterocycles. The maximum atomic E-state index is 11.1. The summed E-state index contributed by atoms with van der Waals surface area (Å²) in [5.41, 5.74) is 1.59. The normalized spacial score (nSPS) is 9.73. The van der Waals surface area contributed by atoms with Crippen LogP contribution in [0.4, 0.5) is 0 Å². The largest absolute Gasteiger partial charge is 0.465 e. The molecule has 0 bridgehead atoms. The molecule has 0 heterocycles. The molecule has 0 aliphatic carbocycles. The van der Waals surface area contributed by atoms with Crippen molar-refractivity contribution in [3.63, 3.8) is 0 Å². The zero-order valence-corrected chi connectivity index (χ0v) is 8.95. The smallest absolute Gasteiger partial charge is 0.337 e. The van der Waals surface area contributed by atoms with E-state index in [9.17, 15) is 9.59 Å². The highest BCUT2D eigenvalue weighted by Crippen LogP contribution is 2.07. The molecule has 0 aliphatic heterocycles. The van der Waals surface area contributed by atoms with Gasteiger partial charge in [0.25, 0.3) is 0 Å². The van der Waals surface area contributed by atoms with Gasteiger partial charge < -0.3 is 9.53 Å². The lowest BCUT2D eigenvalue weighted by molar-refractivity contribution is -0.116. The van der Waals surface area contributed by atoms with E-state index in [0.29, 0.717) is 12.0 Å². The Morgan fingerprint density at radius 3 is 2.27 bits per heavy atom. The van der Waals surface area contributed by atoms with Crippen LogP contribution in [0.25, 0.3) is 0 Å². The van der Waals surface area contributed by atoms with Crippen molar-refractivity contribution in [3.05, 3.63) is 35.4 Å². The topological polar surface area (TPSA) is 43.4 Å². The lowest BCUT2D eigenvalue weighted by Crippen LogP contribution is -2.01. The van der Waals surface area contributed by atoms with Crippen molar-refractivity contribution in [3.8, 4) is 0 Å². The molecule has 0 radical (unpaired) electrons. The number of hydrogen-bond acceptors (Lipinski definition) is 3. The molecule has 0 saturated carbocycles. The van der Waals surface area contributed by atoms with Gasteiger partial charge in [-0.2, -0.15) is 0 Å². The van der Waals surface area contributed by atoms with E-state index in [1.807, 2.05) is 12.1 Å². The van der Waals surface area contributed by atoms with Crippen molar-refractivity contribution in [1.29, 1.82) is 0 Å². The summed E-state index contributed by atoms with van der Waals surface area (Å²) in [7, 11) is 1.35. The van der Waals surface area contributed by atoms with E-state index in [0.717, 1.165) is 12.0 Å². The van der Waals surface area contributed by atoms with Crippen molar-refractivity contribution in [1.82, 2.24) is 0 Å². The van der Waals surface area contributed by atoms with Crippen LogP contribution < -0.4 is 0 Å². The Bertz CT molecular complexity index is 352. The highest BCUT2D eigenvalue weighted by atomic mass is 16.5. The maximum absolute atomic E-state index is 11.1. The molecule has 0 fully saturated rings. The fourth-order valence-electron chi connectivity index (χ4n) is 1.25. The Morgan fingerprint density at radius 1 is 1.20 bits per heavy atom. The van der Waals surface area contributed by atoms with E-state index in [-0.39, 0.29) is 11.8 Å². The number of aryl methyl sites for hydroxylation is 1. The first-order valence-corrected chi connectivity index (χ1v) is 4.80. The van der Waals surface area contributed by atoms with Crippen LogP contribution in [0.3, 0.4) is 0 Å². The van der Waals surface area contributed by atoms with Gasteiger partial charge in [0.05, 0.1) is 12.7 Å². The third kappa shape index (κ3) is 3.54. The zero-order valence-electron chi connectivity index (χ0n) is 8.95. The van der Waals surface area contributed by atoms with Crippen molar-refractivity contribution in [2.75, 3.05) is 7.11 Å². The van der Waals surface area contributed by atoms with Crippen LogP contribution >= 0.6 is 0 Å². The van der Waals surface area contributed by atoms with Gasteiger partial charge in [-0.15, -0.1) is 0 Å².